The van der Waals surface area contributed by atoms with Gasteiger partial charge in [0, 0.05) is 12.7 Å². The number of aliphatic hydroxyl groups excluding tert-OH is 1. The molecule has 0 radical (unpaired) electrons. The summed E-state index contributed by atoms with van der Waals surface area (Å²) in [5, 5.41) is 20.3. The van der Waals surface area contributed by atoms with Crippen LogP contribution in [0.5, 0.6) is 0 Å². The van der Waals surface area contributed by atoms with Crippen LogP contribution in [0.1, 0.15) is 5.56 Å². The Morgan fingerprint density at radius 2 is 2.47 bits per heavy atom. The first-order valence-corrected chi connectivity index (χ1v) is 5.71. The molecule has 2 aromatic rings. The van der Waals surface area contributed by atoms with E-state index in [1.54, 1.807) is 22.2 Å². The summed E-state index contributed by atoms with van der Waals surface area (Å²) in [6.07, 6.45) is 3.66. The summed E-state index contributed by atoms with van der Waals surface area (Å²) in [4.78, 5) is 0. The molecule has 0 bridgehead atoms. The average molecular weight is 223 g/mol. The van der Waals surface area contributed by atoms with Crippen molar-refractivity contribution in [2.75, 3.05) is 11.9 Å². The van der Waals surface area contributed by atoms with E-state index in [4.69, 9.17) is 5.11 Å². The fourth-order valence-electron chi connectivity index (χ4n) is 1.28. The minimum Gasteiger partial charge on any atom is -0.394 e. The lowest BCUT2D eigenvalue weighted by molar-refractivity contribution is 0.269. The van der Waals surface area contributed by atoms with Crippen LogP contribution in [0, 0.1) is 0 Å². The quantitative estimate of drug-likeness (QED) is 0.808. The van der Waals surface area contributed by atoms with Crippen molar-refractivity contribution in [3.63, 3.8) is 0 Å². The fraction of sp³-hybridized carbons (Fsp3) is 0.300. The summed E-state index contributed by atoms with van der Waals surface area (Å²) in [6, 6.07) is 2.09. The summed E-state index contributed by atoms with van der Waals surface area (Å²) in [5.74, 6) is 0. The molecule has 0 aromatic carbocycles. The first-order chi connectivity index (χ1) is 7.38. The van der Waals surface area contributed by atoms with Gasteiger partial charge >= 0.3 is 0 Å². The van der Waals surface area contributed by atoms with E-state index in [1.165, 1.54) is 5.56 Å². The van der Waals surface area contributed by atoms with Crippen LogP contribution in [0.25, 0.3) is 0 Å². The van der Waals surface area contributed by atoms with Crippen LogP contribution < -0.4 is 5.32 Å². The van der Waals surface area contributed by atoms with Gasteiger partial charge in [-0.25, -0.2) is 0 Å². The summed E-state index contributed by atoms with van der Waals surface area (Å²) in [6.45, 7) is 1.47. The molecule has 0 aliphatic heterocycles. The summed E-state index contributed by atoms with van der Waals surface area (Å²) >= 11 is 1.69. The molecule has 2 N–H and O–H groups in total. The molecule has 0 aliphatic rings. The van der Waals surface area contributed by atoms with Crippen molar-refractivity contribution in [2.24, 2.45) is 0 Å². The molecule has 0 amide bonds. The van der Waals surface area contributed by atoms with Crippen LogP contribution in [-0.2, 0) is 13.1 Å². The summed E-state index contributed by atoms with van der Waals surface area (Å²) in [7, 11) is 0. The van der Waals surface area contributed by atoms with E-state index in [0.717, 1.165) is 12.2 Å². The van der Waals surface area contributed by atoms with Crippen molar-refractivity contribution in [1.29, 1.82) is 0 Å². The van der Waals surface area contributed by atoms with E-state index in [2.05, 4.69) is 27.2 Å². The zero-order valence-electron chi connectivity index (χ0n) is 8.26. The Balaban J connectivity index is 1.88. The second kappa shape index (κ2) is 4.95. The van der Waals surface area contributed by atoms with Gasteiger partial charge in [0.1, 0.15) is 0 Å². The van der Waals surface area contributed by atoms with E-state index in [9.17, 15) is 0 Å². The van der Waals surface area contributed by atoms with Gasteiger partial charge in [0.15, 0.2) is 0 Å². The van der Waals surface area contributed by atoms with Crippen LogP contribution in [0.3, 0.4) is 0 Å². The number of hydrogen-bond acceptors (Lipinski definition) is 4. The number of hydrogen-bond donors (Lipinski definition) is 2. The van der Waals surface area contributed by atoms with Crippen LogP contribution in [0.2, 0.25) is 0 Å². The molecular weight excluding hydrogens is 210 g/mol. The fourth-order valence-corrected chi connectivity index (χ4v) is 1.95. The molecule has 5 heteroatoms. The predicted octanol–water partition coefficient (Wildman–Crippen LogP) is 1.55. The monoisotopic (exact) mass is 223 g/mol. The highest BCUT2D eigenvalue weighted by atomic mass is 32.1. The van der Waals surface area contributed by atoms with Gasteiger partial charge in [0.2, 0.25) is 0 Å². The smallest absolute Gasteiger partial charge is 0.0729 e. The Hall–Kier alpha value is -1.33. The lowest BCUT2D eigenvalue weighted by Gasteiger charge is -2.00. The van der Waals surface area contributed by atoms with Gasteiger partial charge in [0.05, 0.1) is 25.0 Å². The minimum atomic E-state index is 0.117. The van der Waals surface area contributed by atoms with Gasteiger partial charge in [-0.15, -0.1) is 0 Å². The largest absolute Gasteiger partial charge is 0.394 e. The van der Waals surface area contributed by atoms with Crippen molar-refractivity contribution >= 4 is 17.0 Å². The van der Waals surface area contributed by atoms with E-state index >= 15 is 0 Å². The maximum atomic E-state index is 8.73. The third kappa shape index (κ3) is 2.81. The summed E-state index contributed by atoms with van der Waals surface area (Å²) < 4.78 is 1.72. The first kappa shape index (κ1) is 10.2. The zero-order chi connectivity index (χ0) is 10.5. The van der Waals surface area contributed by atoms with Crippen molar-refractivity contribution < 1.29 is 5.11 Å². The molecule has 4 nitrogen and oxygen atoms in total. The van der Waals surface area contributed by atoms with Gasteiger partial charge < -0.3 is 10.4 Å². The second-order valence-corrected chi connectivity index (χ2v) is 3.98. The van der Waals surface area contributed by atoms with Crippen LogP contribution in [-0.4, -0.2) is 21.5 Å². The second-order valence-electron chi connectivity index (χ2n) is 3.20. The molecular formula is C10H13N3OS. The molecule has 2 heterocycles. The normalized spacial score (nSPS) is 10.5. The molecule has 0 aliphatic carbocycles. The molecule has 80 valence electrons. The van der Waals surface area contributed by atoms with Gasteiger partial charge in [-0.2, -0.15) is 16.4 Å². The average Bonchev–Trinajstić information content (AvgIpc) is 2.85. The highest BCUT2D eigenvalue weighted by molar-refractivity contribution is 7.07. The Morgan fingerprint density at radius 1 is 1.53 bits per heavy atom. The molecule has 0 saturated carbocycles. The number of aromatic nitrogens is 2. The molecule has 0 atom stereocenters. The van der Waals surface area contributed by atoms with Crippen molar-refractivity contribution in [3.8, 4) is 0 Å². The third-order valence-corrected chi connectivity index (χ3v) is 2.77. The highest BCUT2D eigenvalue weighted by Crippen LogP contribution is 2.10. The number of nitrogens with zero attached hydrogens (tertiary/aromatic N) is 2. The number of aliphatic hydroxyl groups is 1. The standard InChI is InChI=1S/C10H13N3OS/c14-3-2-13-7-10(6-12-13)11-5-9-1-4-15-8-9/h1,4,6-8,11,14H,2-3,5H2. The Morgan fingerprint density at radius 3 is 3.20 bits per heavy atom. The molecule has 0 spiro atoms. The Bertz CT molecular complexity index is 396. The van der Waals surface area contributed by atoms with Crippen LogP contribution >= 0.6 is 11.3 Å². The molecule has 0 saturated heterocycles. The van der Waals surface area contributed by atoms with Crippen LogP contribution in [0.4, 0.5) is 5.69 Å². The SMILES string of the molecule is OCCn1cc(NCc2ccsc2)cn1. The van der Waals surface area contributed by atoms with E-state index in [-0.39, 0.29) is 6.61 Å². The number of anilines is 1. The maximum Gasteiger partial charge on any atom is 0.0729 e. The van der Waals surface area contributed by atoms with E-state index in [1.807, 2.05) is 6.20 Å². The first-order valence-electron chi connectivity index (χ1n) is 4.77. The number of nitrogens with one attached hydrogen (secondary N) is 1. The van der Waals surface area contributed by atoms with Crippen molar-refractivity contribution in [2.45, 2.75) is 13.1 Å². The lowest BCUT2D eigenvalue weighted by Crippen LogP contribution is -2.02. The van der Waals surface area contributed by atoms with Crippen LogP contribution in [0.15, 0.2) is 29.2 Å². The minimum absolute atomic E-state index is 0.117. The molecule has 0 unspecified atom stereocenters. The predicted molar refractivity (Wildman–Crippen MR) is 61.0 cm³/mol. The third-order valence-electron chi connectivity index (χ3n) is 2.04. The Labute approximate surface area is 92.2 Å². The zero-order valence-corrected chi connectivity index (χ0v) is 9.07. The van der Waals surface area contributed by atoms with Crippen molar-refractivity contribution in [1.82, 2.24) is 9.78 Å². The van der Waals surface area contributed by atoms with Gasteiger partial charge in [0.25, 0.3) is 0 Å². The molecule has 2 aromatic heterocycles. The highest BCUT2D eigenvalue weighted by Gasteiger charge is 1.98. The number of thiophene rings is 1. The number of rotatable bonds is 5. The van der Waals surface area contributed by atoms with E-state index in [0.29, 0.717) is 6.54 Å². The topological polar surface area (TPSA) is 50.1 Å². The van der Waals surface area contributed by atoms with Gasteiger partial charge in [-0.05, 0) is 22.4 Å². The Kier molecular flexibility index (Phi) is 3.37. The molecule has 0 fully saturated rings. The molecule has 15 heavy (non-hydrogen) atoms. The van der Waals surface area contributed by atoms with E-state index < -0.39 is 0 Å². The van der Waals surface area contributed by atoms with Gasteiger partial charge in [-0.3, -0.25) is 4.68 Å². The summed E-state index contributed by atoms with van der Waals surface area (Å²) in [5.41, 5.74) is 2.25. The molecule has 2 rings (SSSR count). The maximum absolute atomic E-state index is 8.73. The van der Waals surface area contributed by atoms with Gasteiger partial charge in [-0.1, -0.05) is 0 Å². The van der Waals surface area contributed by atoms with Crippen molar-refractivity contribution in [3.05, 3.63) is 34.8 Å². The lowest BCUT2D eigenvalue weighted by atomic mass is 10.3.